The molecule has 2 N–H and O–H groups in total. The maximum Gasteiger partial charge on any atom is 0.268 e. The van der Waals surface area contributed by atoms with Crippen LogP contribution in [0.15, 0.2) is 66.7 Å². The summed E-state index contributed by atoms with van der Waals surface area (Å²) in [6, 6.07) is 21.8. The van der Waals surface area contributed by atoms with Crippen LogP contribution in [0.25, 0.3) is 21.7 Å². The zero-order valence-corrected chi connectivity index (χ0v) is 14.7. The minimum atomic E-state index is -0.135. The molecule has 4 rings (SSSR count). The summed E-state index contributed by atoms with van der Waals surface area (Å²) in [6.07, 6.45) is 0. The number of H-pyrrole nitrogens is 1. The SMILES string of the molecule is COc1cccc2[nH]c(C(=O)NC(C)c3cccc4ccccc34)cc12. The Balaban J connectivity index is 1.63. The summed E-state index contributed by atoms with van der Waals surface area (Å²) in [6.45, 7) is 2.00. The van der Waals surface area contributed by atoms with E-state index in [1.807, 2.05) is 49.4 Å². The number of methoxy groups -OCH3 is 1. The summed E-state index contributed by atoms with van der Waals surface area (Å²) in [5, 5.41) is 6.31. The van der Waals surface area contributed by atoms with E-state index in [0.717, 1.165) is 27.6 Å². The summed E-state index contributed by atoms with van der Waals surface area (Å²) < 4.78 is 5.37. The first-order chi connectivity index (χ1) is 12.7. The van der Waals surface area contributed by atoms with Gasteiger partial charge in [0, 0.05) is 10.9 Å². The molecule has 3 aromatic carbocycles. The van der Waals surface area contributed by atoms with E-state index in [4.69, 9.17) is 4.74 Å². The summed E-state index contributed by atoms with van der Waals surface area (Å²) in [7, 11) is 1.63. The van der Waals surface area contributed by atoms with Gasteiger partial charge in [0.2, 0.25) is 0 Å². The van der Waals surface area contributed by atoms with Crippen molar-refractivity contribution in [1.29, 1.82) is 0 Å². The Hall–Kier alpha value is -3.27. The fourth-order valence-electron chi connectivity index (χ4n) is 3.41. The van der Waals surface area contributed by atoms with Crippen LogP contribution in [0.5, 0.6) is 5.75 Å². The minimum Gasteiger partial charge on any atom is -0.496 e. The lowest BCUT2D eigenvalue weighted by Gasteiger charge is -2.16. The first kappa shape index (κ1) is 16.2. The molecule has 0 fully saturated rings. The predicted molar refractivity (Wildman–Crippen MR) is 105 cm³/mol. The molecule has 1 amide bonds. The average molecular weight is 344 g/mol. The third-order valence-corrected chi connectivity index (χ3v) is 4.73. The molecule has 130 valence electrons. The van der Waals surface area contributed by atoms with E-state index < -0.39 is 0 Å². The number of carbonyl (C=O) groups is 1. The number of benzene rings is 3. The Bertz CT molecular complexity index is 1090. The highest BCUT2D eigenvalue weighted by Crippen LogP contribution is 2.27. The molecule has 4 aromatic rings. The van der Waals surface area contributed by atoms with E-state index in [0.29, 0.717) is 5.69 Å². The predicted octanol–water partition coefficient (Wildman–Crippen LogP) is 4.82. The van der Waals surface area contributed by atoms with Crippen LogP contribution < -0.4 is 10.1 Å². The molecule has 0 aliphatic carbocycles. The van der Waals surface area contributed by atoms with Gasteiger partial charge >= 0.3 is 0 Å². The van der Waals surface area contributed by atoms with Crippen LogP contribution in [0.2, 0.25) is 0 Å². The second-order valence-electron chi connectivity index (χ2n) is 6.37. The first-order valence-corrected chi connectivity index (χ1v) is 8.61. The molecule has 4 nitrogen and oxygen atoms in total. The highest BCUT2D eigenvalue weighted by molar-refractivity contribution is 6.00. The standard InChI is InChI=1S/C22H20N2O2/c1-14(16-10-5-8-15-7-3-4-9-17(15)16)23-22(25)20-13-18-19(24-20)11-6-12-21(18)26-2/h3-14,24H,1-2H3,(H,23,25). The van der Waals surface area contributed by atoms with E-state index in [2.05, 4.69) is 34.6 Å². The molecule has 0 radical (unpaired) electrons. The van der Waals surface area contributed by atoms with Crippen molar-refractivity contribution in [2.24, 2.45) is 0 Å². The molecule has 0 bridgehead atoms. The molecule has 1 unspecified atom stereocenters. The van der Waals surface area contributed by atoms with Crippen LogP contribution in [0.3, 0.4) is 0 Å². The lowest BCUT2D eigenvalue weighted by Crippen LogP contribution is -2.27. The topological polar surface area (TPSA) is 54.1 Å². The van der Waals surface area contributed by atoms with Crippen molar-refractivity contribution in [3.05, 3.63) is 78.0 Å². The van der Waals surface area contributed by atoms with Crippen molar-refractivity contribution >= 4 is 27.6 Å². The van der Waals surface area contributed by atoms with E-state index in [1.54, 1.807) is 7.11 Å². The fourth-order valence-corrected chi connectivity index (χ4v) is 3.41. The minimum absolute atomic E-state index is 0.109. The van der Waals surface area contributed by atoms with Gasteiger partial charge in [-0.15, -0.1) is 0 Å². The number of carbonyl (C=O) groups excluding carboxylic acids is 1. The normalized spacial score (nSPS) is 12.2. The molecule has 0 aliphatic heterocycles. The Labute approximate surface area is 151 Å². The van der Waals surface area contributed by atoms with Crippen LogP contribution in [0.1, 0.15) is 29.0 Å². The van der Waals surface area contributed by atoms with Crippen molar-refractivity contribution in [2.75, 3.05) is 7.11 Å². The number of fused-ring (bicyclic) bond motifs is 2. The van der Waals surface area contributed by atoms with E-state index in [-0.39, 0.29) is 11.9 Å². The summed E-state index contributed by atoms with van der Waals surface area (Å²) >= 11 is 0. The van der Waals surface area contributed by atoms with Crippen LogP contribution in [0.4, 0.5) is 0 Å². The Morgan fingerprint density at radius 1 is 1.00 bits per heavy atom. The molecule has 0 spiro atoms. The van der Waals surface area contributed by atoms with Crippen LogP contribution in [-0.4, -0.2) is 18.0 Å². The van der Waals surface area contributed by atoms with Crippen molar-refractivity contribution in [2.45, 2.75) is 13.0 Å². The third kappa shape index (κ3) is 2.80. The zero-order chi connectivity index (χ0) is 18.1. The number of aromatic nitrogens is 1. The maximum atomic E-state index is 12.8. The lowest BCUT2D eigenvalue weighted by molar-refractivity contribution is 0.0936. The second-order valence-corrected chi connectivity index (χ2v) is 6.37. The van der Waals surface area contributed by atoms with Gasteiger partial charge in [-0.3, -0.25) is 4.79 Å². The molecule has 4 heteroatoms. The fraction of sp³-hybridized carbons (Fsp3) is 0.136. The van der Waals surface area contributed by atoms with Gasteiger partial charge in [-0.05, 0) is 41.5 Å². The van der Waals surface area contributed by atoms with Gasteiger partial charge in [-0.25, -0.2) is 0 Å². The molecule has 26 heavy (non-hydrogen) atoms. The number of aromatic amines is 1. The molecular formula is C22H20N2O2. The quantitative estimate of drug-likeness (QED) is 0.557. The highest BCUT2D eigenvalue weighted by atomic mass is 16.5. The lowest BCUT2D eigenvalue weighted by atomic mass is 9.99. The molecule has 1 heterocycles. The van der Waals surface area contributed by atoms with Crippen molar-refractivity contribution < 1.29 is 9.53 Å². The van der Waals surface area contributed by atoms with Gasteiger partial charge in [0.15, 0.2) is 0 Å². The Morgan fingerprint density at radius 3 is 2.62 bits per heavy atom. The van der Waals surface area contributed by atoms with Gasteiger partial charge < -0.3 is 15.0 Å². The zero-order valence-electron chi connectivity index (χ0n) is 14.7. The van der Waals surface area contributed by atoms with Gasteiger partial charge in [0.1, 0.15) is 11.4 Å². The first-order valence-electron chi connectivity index (χ1n) is 8.61. The monoisotopic (exact) mass is 344 g/mol. The summed E-state index contributed by atoms with van der Waals surface area (Å²) in [5.41, 5.74) is 2.51. The molecular weight excluding hydrogens is 324 g/mol. The smallest absolute Gasteiger partial charge is 0.268 e. The Morgan fingerprint density at radius 2 is 1.77 bits per heavy atom. The van der Waals surface area contributed by atoms with Gasteiger partial charge in [-0.2, -0.15) is 0 Å². The van der Waals surface area contributed by atoms with Gasteiger partial charge in [0.05, 0.1) is 13.2 Å². The molecule has 1 atom stereocenters. The van der Waals surface area contributed by atoms with E-state index >= 15 is 0 Å². The largest absolute Gasteiger partial charge is 0.496 e. The second kappa shape index (κ2) is 6.56. The van der Waals surface area contributed by atoms with E-state index in [1.165, 1.54) is 5.39 Å². The van der Waals surface area contributed by atoms with Crippen LogP contribution >= 0.6 is 0 Å². The Kier molecular flexibility index (Phi) is 4.09. The van der Waals surface area contributed by atoms with Crippen molar-refractivity contribution in [3.63, 3.8) is 0 Å². The maximum absolute atomic E-state index is 12.8. The van der Waals surface area contributed by atoms with Crippen molar-refractivity contribution in [1.82, 2.24) is 10.3 Å². The number of rotatable bonds is 4. The van der Waals surface area contributed by atoms with E-state index in [9.17, 15) is 4.79 Å². The number of nitrogens with one attached hydrogen (secondary N) is 2. The third-order valence-electron chi connectivity index (χ3n) is 4.73. The molecule has 0 aliphatic rings. The number of hydrogen-bond acceptors (Lipinski definition) is 2. The summed E-state index contributed by atoms with van der Waals surface area (Å²) in [5.74, 6) is 0.614. The van der Waals surface area contributed by atoms with Gasteiger partial charge in [-0.1, -0.05) is 48.5 Å². The molecule has 0 saturated heterocycles. The number of hydrogen-bond donors (Lipinski definition) is 2. The van der Waals surface area contributed by atoms with Crippen LogP contribution in [0, 0.1) is 0 Å². The number of ether oxygens (including phenoxy) is 1. The summed E-state index contributed by atoms with van der Waals surface area (Å²) in [4.78, 5) is 15.9. The highest BCUT2D eigenvalue weighted by Gasteiger charge is 2.16. The average Bonchev–Trinajstić information content (AvgIpc) is 3.12. The molecule has 0 saturated carbocycles. The molecule has 1 aromatic heterocycles. The van der Waals surface area contributed by atoms with Crippen LogP contribution in [-0.2, 0) is 0 Å². The van der Waals surface area contributed by atoms with Gasteiger partial charge in [0.25, 0.3) is 5.91 Å². The number of amides is 1. The van der Waals surface area contributed by atoms with Crippen molar-refractivity contribution in [3.8, 4) is 5.75 Å².